The number of nitrogens with one attached hydrogen (secondary N) is 1. The number of halogens is 1. The van der Waals surface area contributed by atoms with Gasteiger partial charge in [-0.2, -0.15) is 0 Å². The van der Waals surface area contributed by atoms with Crippen molar-refractivity contribution < 1.29 is 19.7 Å². The fourth-order valence-corrected chi connectivity index (χ4v) is 4.50. The highest BCUT2D eigenvalue weighted by Gasteiger charge is 2.29. The fraction of sp³-hybridized carbons (Fsp3) is 0.192. The molecule has 172 valence electrons. The van der Waals surface area contributed by atoms with E-state index in [9.17, 15) is 15.0 Å². The summed E-state index contributed by atoms with van der Waals surface area (Å²) in [6.45, 7) is -0.0142. The number of nitrogens with zero attached hydrogens (tertiary/aromatic N) is 2. The third-order valence-corrected chi connectivity index (χ3v) is 6.22. The van der Waals surface area contributed by atoms with E-state index in [1.807, 2.05) is 36.4 Å². The van der Waals surface area contributed by atoms with Gasteiger partial charge >= 0.3 is 6.09 Å². The molecule has 3 N–H and O–H groups in total. The number of aliphatic hydroxyl groups excluding tert-OH is 2. The molecule has 0 radical (unpaired) electrons. The molecule has 0 saturated heterocycles. The number of carbonyl (C=O) groups excluding carboxylic acids is 1. The first-order valence-corrected chi connectivity index (χ1v) is 11.3. The first kappa shape index (κ1) is 22.3. The Morgan fingerprint density at radius 1 is 1.00 bits per heavy atom. The summed E-state index contributed by atoms with van der Waals surface area (Å²) >= 11 is 5.88. The Labute approximate surface area is 201 Å². The van der Waals surface area contributed by atoms with Crippen molar-refractivity contribution in [1.82, 2.24) is 15.3 Å². The van der Waals surface area contributed by atoms with Crippen LogP contribution in [0.1, 0.15) is 28.7 Å². The van der Waals surface area contributed by atoms with Crippen LogP contribution < -0.4 is 5.32 Å². The summed E-state index contributed by atoms with van der Waals surface area (Å²) in [5, 5.41) is 23.7. The lowest BCUT2D eigenvalue weighted by molar-refractivity contribution is 0.0186. The molecule has 0 spiro atoms. The average Bonchev–Trinajstić information content (AvgIpc) is 3.18. The molecule has 0 saturated carbocycles. The van der Waals surface area contributed by atoms with Crippen molar-refractivity contribution in [3.63, 3.8) is 0 Å². The van der Waals surface area contributed by atoms with Crippen molar-refractivity contribution in [2.45, 2.75) is 18.1 Å². The number of hydrogen-bond donors (Lipinski definition) is 3. The molecule has 1 aromatic heterocycles. The van der Waals surface area contributed by atoms with E-state index in [0.717, 1.165) is 22.3 Å². The van der Waals surface area contributed by atoms with Crippen molar-refractivity contribution in [2.24, 2.45) is 0 Å². The summed E-state index contributed by atoms with van der Waals surface area (Å²) in [4.78, 5) is 20.7. The molecule has 0 bridgehead atoms. The zero-order valence-electron chi connectivity index (χ0n) is 18.1. The number of hydrogen-bond acceptors (Lipinski definition) is 6. The number of aromatic nitrogens is 2. The number of fused-ring (bicyclic) bond motifs is 4. The van der Waals surface area contributed by atoms with Gasteiger partial charge in [-0.25, -0.2) is 9.78 Å². The Bertz CT molecular complexity index is 1320. The Kier molecular flexibility index (Phi) is 6.15. The number of aliphatic hydroxyl groups is 2. The summed E-state index contributed by atoms with van der Waals surface area (Å²) in [7, 11) is 0. The number of ether oxygens (including phenoxy) is 1. The normalized spacial score (nSPS) is 14.3. The van der Waals surface area contributed by atoms with Gasteiger partial charge in [0.25, 0.3) is 0 Å². The molecule has 5 rings (SSSR count). The molecule has 0 fully saturated rings. The predicted octanol–water partition coefficient (Wildman–Crippen LogP) is 4.22. The van der Waals surface area contributed by atoms with Gasteiger partial charge in [-0.3, -0.25) is 4.98 Å². The van der Waals surface area contributed by atoms with Crippen molar-refractivity contribution in [3.8, 4) is 11.1 Å². The van der Waals surface area contributed by atoms with Crippen molar-refractivity contribution in [2.75, 3.05) is 13.2 Å². The van der Waals surface area contributed by atoms with Crippen LogP contribution in [-0.2, 0) is 4.74 Å². The number of carbonyl (C=O) groups is 1. The van der Waals surface area contributed by atoms with Gasteiger partial charge in [0.2, 0.25) is 0 Å². The standard InChI is InChI=1S/C26H22ClN3O4/c27-24-13-28-21-10-9-15(11-22(21)30-24)25(32)23(31)12-29-26(33)34-14-20-18-7-3-1-5-16(18)17-6-2-4-8-19(17)20/h1-11,13,20,23,25,31-32H,12,14H2,(H,29,33). The molecule has 1 aliphatic rings. The third-order valence-electron chi connectivity index (χ3n) is 6.04. The molecule has 0 aliphatic heterocycles. The topological polar surface area (TPSA) is 105 Å². The van der Waals surface area contributed by atoms with Gasteiger partial charge in [0.05, 0.1) is 17.2 Å². The summed E-state index contributed by atoms with van der Waals surface area (Å²) in [6, 6.07) is 21.1. The highest BCUT2D eigenvalue weighted by molar-refractivity contribution is 6.29. The van der Waals surface area contributed by atoms with E-state index in [2.05, 4.69) is 27.4 Å². The largest absolute Gasteiger partial charge is 0.449 e. The summed E-state index contributed by atoms with van der Waals surface area (Å²) in [5.41, 5.74) is 6.08. The minimum Gasteiger partial charge on any atom is -0.449 e. The van der Waals surface area contributed by atoms with Gasteiger partial charge in [-0.1, -0.05) is 66.2 Å². The Morgan fingerprint density at radius 2 is 1.68 bits per heavy atom. The fourth-order valence-electron chi connectivity index (χ4n) is 4.36. The molecule has 1 aliphatic carbocycles. The molecular weight excluding hydrogens is 454 g/mol. The minimum absolute atomic E-state index is 0.0563. The average molecular weight is 476 g/mol. The molecule has 4 aromatic rings. The van der Waals surface area contributed by atoms with Crippen LogP contribution in [0.5, 0.6) is 0 Å². The van der Waals surface area contributed by atoms with E-state index < -0.39 is 18.3 Å². The first-order valence-electron chi connectivity index (χ1n) is 10.9. The summed E-state index contributed by atoms with van der Waals surface area (Å²) < 4.78 is 5.47. The molecule has 2 unspecified atom stereocenters. The molecule has 1 amide bonds. The van der Waals surface area contributed by atoms with Crippen LogP contribution >= 0.6 is 11.6 Å². The van der Waals surface area contributed by atoms with Crippen LogP contribution in [0.4, 0.5) is 4.79 Å². The zero-order valence-corrected chi connectivity index (χ0v) is 18.8. The molecule has 8 heteroatoms. The van der Waals surface area contributed by atoms with Crippen LogP contribution in [0.3, 0.4) is 0 Å². The lowest BCUT2D eigenvalue weighted by Crippen LogP contribution is -2.36. The quantitative estimate of drug-likeness (QED) is 0.386. The molecule has 7 nitrogen and oxygen atoms in total. The van der Waals surface area contributed by atoms with E-state index in [1.54, 1.807) is 18.2 Å². The number of alkyl carbamates (subject to hydrolysis) is 1. The smallest absolute Gasteiger partial charge is 0.407 e. The SMILES string of the molecule is O=C(NCC(O)C(O)c1ccc2ncc(Cl)nc2c1)OCC1c2ccccc2-c2ccccc21. The lowest BCUT2D eigenvalue weighted by Gasteiger charge is -2.19. The van der Waals surface area contributed by atoms with Crippen LogP contribution in [0.15, 0.2) is 72.9 Å². The number of amides is 1. The molecule has 3 aromatic carbocycles. The van der Waals surface area contributed by atoms with E-state index in [-0.39, 0.29) is 24.2 Å². The number of benzene rings is 3. The van der Waals surface area contributed by atoms with Crippen molar-refractivity contribution >= 4 is 28.7 Å². The summed E-state index contributed by atoms with van der Waals surface area (Å²) in [6.07, 6.45) is -1.71. The van der Waals surface area contributed by atoms with Crippen molar-refractivity contribution in [1.29, 1.82) is 0 Å². The maximum atomic E-state index is 12.3. The van der Waals surface area contributed by atoms with Gasteiger partial charge in [0, 0.05) is 12.5 Å². The minimum atomic E-state index is -1.25. The van der Waals surface area contributed by atoms with Gasteiger partial charge in [0.1, 0.15) is 24.0 Å². The molecule has 34 heavy (non-hydrogen) atoms. The van der Waals surface area contributed by atoms with Gasteiger partial charge in [0.15, 0.2) is 0 Å². The van der Waals surface area contributed by atoms with Crippen LogP contribution in [0, 0.1) is 0 Å². The zero-order chi connectivity index (χ0) is 23.7. The predicted molar refractivity (Wildman–Crippen MR) is 129 cm³/mol. The second kappa shape index (κ2) is 9.38. The Hall–Kier alpha value is -3.52. The highest BCUT2D eigenvalue weighted by Crippen LogP contribution is 2.44. The second-order valence-electron chi connectivity index (χ2n) is 8.16. The van der Waals surface area contributed by atoms with Crippen molar-refractivity contribution in [3.05, 3.63) is 94.8 Å². The van der Waals surface area contributed by atoms with Crippen LogP contribution in [0.2, 0.25) is 5.15 Å². The second-order valence-corrected chi connectivity index (χ2v) is 8.55. The monoisotopic (exact) mass is 475 g/mol. The molecule has 2 atom stereocenters. The van der Waals surface area contributed by atoms with E-state index in [0.29, 0.717) is 16.6 Å². The van der Waals surface area contributed by atoms with E-state index in [1.165, 1.54) is 6.20 Å². The van der Waals surface area contributed by atoms with E-state index >= 15 is 0 Å². The number of rotatable bonds is 6. The Morgan fingerprint density at radius 3 is 2.38 bits per heavy atom. The van der Waals surface area contributed by atoms with Gasteiger partial charge in [-0.05, 0) is 39.9 Å². The molecular formula is C26H22ClN3O4. The van der Waals surface area contributed by atoms with Crippen LogP contribution in [0.25, 0.3) is 22.2 Å². The first-order chi connectivity index (χ1) is 16.5. The van der Waals surface area contributed by atoms with Gasteiger partial charge in [-0.15, -0.1) is 0 Å². The summed E-state index contributed by atoms with van der Waals surface area (Å²) in [5.74, 6) is -0.0563. The van der Waals surface area contributed by atoms with E-state index in [4.69, 9.17) is 16.3 Å². The van der Waals surface area contributed by atoms with Gasteiger partial charge < -0.3 is 20.3 Å². The third kappa shape index (κ3) is 4.33. The van der Waals surface area contributed by atoms with Crippen LogP contribution in [-0.4, -0.2) is 45.5 Å². The molecule has 1 heterocycles. The lowest BCUT2D eigenvalue weighted by atomic mass is 9.98. The maximum Gasteiger partial charge on any atom is 0.407 e. The maximum absolute atomic E-state index is 12.3. The Balaban J connectivity index is 1.19. The highest BCUT2D eigenvalue weighted by atomic mass is 35.5.